The lowest BCUT2D eigenvalue weighted by Crippen LogP contribution is -2.27. The summed E-state index contributed by atoms with van der Waals surface area (Å²) in [7, 11) is 0. The number of nitrogens with one attached hydrogen (secondary N) is 2. The van der Waals surface area contributed by atoms with E-state index in [-0.39, 0.29) is 11.9 Å². The summed E-state index contributed by atoms with van der Waals surface area (Å²) in [5.41, 5.74) is 2.88. The van der Waals surface area contributed by atoms with Gasteiger partial charge in [-0.05, 0) is 26.0 Å². The van der Waals surface area contributed by atoms with E-state index in [4.69, 9.17) is 0 Å². The molecule has 1 unspecified atom stereocenters. The van der Waals surface area contributed by atoms with Crippen molar-refractivity contribution in [3.63, 3.8) is 0 Å². The van der Waals surface area contributed by atoms with E-state index < -0.39 is 0 Å². The number of rotatable bonds is 4. The van der Waals surface area contributed by atoms with Gasteiger partial charge in [-0.25, -0.2) is 4.68 Å². The maximum absolute atomic E-state index is 12.2. The highest BCUT2D eigenvalue weighted by Crippen LogP contribution is 2.13. The van der Waals surface area contributed by atoms with E-state index in [1.54, 1.807) is 11.6 Å². The molecule has 22 heavy (non-hydrogen) atoms. The van der Waals surface area contributed by atoms with Crippen LogP contribution in [0.4, 0.5) is 0 Å². The van der Waals surface area contributed by atoms with Crippen LogP contribution in [-0.2, 0) is 0 Å². The van der Waals surface area contributed by atoms with E-state index in [0.717, 1.165) is 11.4 Å². The number of hydrogen-bond donors (Lipinski definition) is 2. The van der Waals surface area contributed by atoms with Crippen LogP contribution < -0.4 is 5.32 Å². The van der Waals surface area contributed by atoms with Gasteiger partial charge in [0, 0.05) is 5.69 Å². The van der Waals surface area contributed by atoms with Crippen LogP contribution in [0.3, 0.4) is 0 Å². The van der Waals surface area contributed by atoms with Gasteiger partial charge >= 0.3 is 0 Å². The smallest absolute Gasteiger partial charge is 0.255 e. The van der Waals surface area contributed by atoms with Crippen LogP contribution in [0.15, 0.2) is 42.7 Å². The van der Waals surface area contributed by atoms with Gasteiger partial charge < -0.3 is 5.32 Å². The fourth-order valence-electron chi connectivity index (χ4n) is 2.11. The zero-order valence-corrected chi connectivity index (χ0v) is 12.3. The molecule has 1 aromatic carbocycles. The Morgan fingerprint density at radius 2 is 2.09 bits per heavy atom. The van der Waals surface area contributed by atoms with Crippen molar-refractivity contribution in [1.82, 2.24) is 30.5 Å². The zero-order chi connectivity index (χ0) is 15.5. The van der Waals surface area contributed by atoms with Gasteiger partial charge in [0.2, 0.25) is 0 Å². The van der Waals surface area contributed by atoms with E-state index in [1.165, 1.54) is 6.20 Å². The van der Waals surface area contributed by atoms with Crippen LogP contribution in [0.5, 0.6) is 0 Å². The van der Waals surface area contributed by atoms with Gasteiger partial charge in [-0.15, -0.1) is 5.10 Å². The molecule has 3 aromatic rings. The third kappa shape index (κ3) is 2.73. The standard InChI is InChI=1S/C15H16N6O/c1-10-13(8-16-18-10)15(22)17-11(2)14-9-21(20-19-14)12-6-4-3-5-7-12/h3-9,11H,1-2H3,(H,16,18)(H,17,22). The Balaban J connectivity index is 1.73. The van der Waals surface area contributed by atoms with Crippen molar-refractivity contribution < 1.29 is 4.79 Å². The van der Waals surface area contributed by atoms with Gasteiger partial charge in [0.25, 0.3) is 5.91 Å². The minimum Gasteiger partial charge on any atom is -0.344 e. The summed E-state index contributed by atoms with van der Waals surface area (Å²) in [4.78, 5) is 12.2. The second kappa shape index (κ2) is 5.80. The normalized spacial score (nSPS) is 12.1. The fourth-order valence-corrected chi connectivity index (χ4v) is 2.11. The number of amides is 1. The lowest BCUT2D eigenvalue weighted by Gasteiger charge is -2.10. The Kier molecular flexibility index (Phi) is 3.69. The molecule has 1 amide bonds. The van der Waals surface area contributed by atoms with Gasteiger partial charge in [-0.3, -0.25) is 9.89 Å². The lowest BCUT2D eigenvalue weighted by atomic mass is 10.2. The van der Waals surface area contributed by atoms with Crippen molar-refractivity contribution in [2.75, 3.05) is 0 Å². The Morgan fingerprint density at radius 1 is 1.32 bits per heavy atom. The Morgan fingerprint density at radius 3 is 2.77 bits per heavy atom. The molecule has 3 rings (SSSR count). The minimum atomic E-state index is -0.251. The monoisotopic (exact) mass is 296 g/mol. The summed E-state index contributed by atoms with van der Waals surface area (Å²) in [5.74, 6) is -0.187. The molecule has 0 aliphatic heterocycles. The average molecular weight is 296 g/mol. The van der Waals surface area contributed by atoms with Gasteiger partial charge in [0.15, 0.2) is 0 Å². The number of H-pyrrole nitrogens is 1. The number of nitrogens with zero attached hydrogens (tertiary/aromatic N) is 4. The summed E-state index contributed by atoms with van der Waals surface area (Å²) in [5, 5.41) is 17.7. The van der Waals surface area contributed by atoms with Gasteiger partial charge in [-0.2, -0.15) is 5.10 Å². The minimum absolute atomic E-state index is 0.187. The topological polar surface area (TPSA) is 88.5 Å². The van der Waals surface area contributed by atoms with Crippen molar-refractivity contribution in [2.24, 2.45) is 0 Å². The highest BCUT2D eigenvalue weighted by molar-refractivity contribution is 5.95. The van der Waals surface area contributed by atoms with Crippen LogP contribution in [0.25, 0.3) is 5.69 Å². The maximum Gasteiger partial charge on any atom is 0.255 e. The molecule has 112 valence electrons. The maximum atomic E-state index is 12.2. The van der Waals surface area contributed by atoms with Gasteiger partial charge in [-0.1, -0.05) is 23.4 Å². The molecule has 0 radical (unpaired) electrons. The first kappa shape index (κ1) is 14.0. The third-order valence-electron chi connectivity index (χ3n) is 3.40. The first-order chi connectivity index (χ1) is 10.6. The van der Waals surface area contributed by atoms with E-state index in [2.05, 4.69) is 25.8 Å². The molecule has 7 nitrogen and oxygen atoms in total. The molecule has 0 bridgehead atoms. The van der Waals surface area contributed by atoms with Crippen LogP contribution in [0.2, 0.25) is 0 Å². The zero-order valence-electron chi connectivity index (χ0n) is 12.3. The number of hydrogen-bond acceptors (Lipinski definition) is 4. The number of carbonyl (C=O) groups is 1. The summed E-state index contributed by atoms with van der Waals surface area (Å²) in [6.07, 6.45) is 3.32. The summed E-state index contributed by atoms with van der Waals surface area (Å²) in [6, 6.07) is 9.44. The average Bonchev–Trinajstić information content (AvgIpc) is 3.17. The Bertz CT molecular complexity index is 776. The number of aromatic amines is 1. The van der Waals surface area contributed by atoms with E-state index in [1.807, 2.05) is 43.5 Å². The first-order valence-corrected chi connectivity index (χ1v) is 6.93. The predicted molar refractivity (Wildman–Crippen MR) is 80.6 cm³/mol. The van der Waals surface area contributed by atoms with Crippen molar-refractivity contribution in [1.29, 1.82) is 0 Å². The Labute approximate surface area is 127 Å². The molecule has 0 fully saturated rings. The molecule has 2 N–H and O–H groups in total. The SMILES string of the molecule is Cc1[nH]ncc1C(=O)NC(C)c1cn(-c2ccccc2)nn1. The van der Waals surface area contributed by atoms with Crippen molar-refractivity contribution >= 4 is 5.91 Å². The lowest BCUT2D eigenvalue weighted by molar-refractivity contribution is 0.0938. The second-order valence-electron chi connectivity index (χ2n) is 5.03. The third-order valence-corrected chi connectivity index (χ3v) is 3.40. The molecule has 0 saturated heterocycles. The van der Waals surface area contributed by atoms with Gasteiger partial charge in [0.1, 0.15) is 5.69 Å². The number of aromatic nitrogens is 5. The molecule has 1 atom stereocenters. The van der Waals surface area contributed by atoms with Crippen molar-refractivity contribution in [3.05, 3.63) is 59.7 Å². The molecular formula is C15H16N6O. The van der Waals surface area contributed by atoms with Crippen LogP contribution >= 0.6 is 0 Å². The predicted octanol–water partition coefficient (Wildman–Crippen LogP) is 1.79. The molecule has 2 heterocycles. The van der Waals surface area contributed by atoms with Gasteiger partial charge in [0.05, 0.1) is 29.7 Å². The van der Waals surface area contributed by atoms with Crippen molar-refractivity contribution in [2.45, 2.75) is 19.9 Å². The molecule has 7 heteroatoms. The van der Waals surface area contributed by atoms with Crippen LogP contribution in [0, 0.1) is 6.92 Å². The van der Waals surface area contributed by atoms with Crippen molar-refractivity contribution in [3.8, 4) is 5.69 Å². The van der Waals surface area contributed by atoms with E-state index in [0.29, 0.717) is 11.3 Å². The number of benzene rings is 1. The summed E-state index contributed by atoms with van der Waals surface area (Å²) >= 11 is 0. The molecular weight excluding hydrogens is 280 g/mol. The van der Waals surface area contributed by atoms with E-state index >= 15 is 0 Å². The highest BCUT2D eigenvalue weighted by atomic mass is 16.1. The molecule has 0 spiro atoms. The number of para-hydroxylation sites is 1. The van der Waals surface area contributed by atoms with Crippen LogP contribution in [0.1, 0.15) is 34.7 Å². The summed E-state index contributed by atoms with van der Waals surface area (Å²) in [6.45, 7) is 3.67. The van der Waals surface area contributed by atoms with Crippen LogP contribution in [-0.4, -0.2) is 31.1 Å². The summed E-state index contributed by atoms with van der Waals surface area (Å²) < 4.78 is 1.68. The number of carbonyl (C=O) groups excluding carboxylic acids is 1. The largest absolute Gasteiger partial charge is 0.344 e. The van der Waals surface area contributed by atoms with E-state index in [9.17, 15) is 4.79 Å². The first-order valence-electron chi connectivity index (χ1n) is 6.93. The molecule has 2 aromatic heterocycles. The number of aryl methyl sites for hydroxylation is 1. The fraction of sp³-hybridized carbons (Fsp3) is 0.200. The molecule has 0 aliphatic carbocycles. The quantitative estimate of drug-likeness (QED) is 0.768. The molecule has 0 aliphatic rings. The second-order valence-corrected chi connectivity index (χ2v) is 5.03. The highest BCUT2D eigenvalue weighted by Gasteiger charge is 2.17. The molecule has 0 saturated carbocycles. The Hall–Kier alpha value is -2.96.